The van der Waals surface area contributed by atoms with Crippen LogP contribution in [0.1, 0.15) is 49.7 Å². The second kappa shape index (κ2) is 7.58. The monoisotopic (exact) mass is 362 g/mol. The van der Waals surface area contributed by atoms with Crippen molar-refractivity contribution in [2.75, 3.05) is 25.5 Å². The lowest BCUT2D eigenvalue weighted by Crippen LogP contribution is -2.39. The average molecular weight is 362 g/mol. The topological polar surface area (TPSA) is 61.3 Å². The van der Waals surface area contributed by atoms with Crippen molar-refractivity contribution in [2.45, 2.75) is 44.6 Å². The SMILES string of the molecule is CC#Cc1ccc(-c2nnc(N[C@@H]3CCCN(C)C3)cc2C2CC2)c(O)c1. The van der Waals surface area contributed by atoms with Gasteiger partial charge in [0.2, 0.25) is 0 Å². The Bertz CT molecular complexity index is 895. The van der Waals surface area contributed by atoms with Crippen LogP contribution in [0.15, 0.2) is 24.3 Å². The first-order valence-electron chi connectivity index (χ1n) is 9.73. The molecule has 5 nitrogen and oxygen atoms in total. The van der Waals surface area contributed by atoms with Gasteiger partial charge in [-0.3, -0.25) is 0 Å². The number of phenols is 1. The maximum atomic E-state index is 10.5. The Labute approximate surface area is 160 Å². The minimum atomic E-state index is 0.209. The van der Waals surface area contributed by atoms with E-state index in [4.69, 9.17) is 0 Å². The molecule has 1 saturated heterocycles. The number of hydrogen-bond acceptors (Lipinski definition) is 5. The number of aromatic hydroxyl groups is 1. The van der Waals surface area contributed by atoms with E-state index in [1.165, 1.54) is 24.8 Å². The molecule has 2 N–H and O–H groups in total. The van der Waals surface area contributed by atoms with Gasteiger partial charge in [-0.2, -0.15) is 0 Å². The predicted molar refractivity (Wildman–Crippen MR) is 108 cm³/mol. The summed E-state index contributed by atoms with van der Waals surface area (Å²) in [6, 6.07) is 8.07. The number of benzene rings is 1. The fourth-order valence-electron chi connectivity index (χ4n) is 3.84. The Morgan fingerprint density at radius 3 is 2.74 bits per heavy atom. The Balaban J connectivity index is 1.63. The zero-order chi connectivity index (χ0) is 18.8. The standard InChI is InChI=1S/C22H26N4O/c1-3-5-15-7-10-18(20(27)12-15)22-19(16-8-9-16)13-21(24-25-22)23-17-6-4-11-26(2)14-17/h7,10,12-13,16-17,27H,4,6,8-9,11,14H2,1-2H3,(H,23,24)/t17-/m1/s1. The van der Waals surface area contributed by atoms with Crippen molar-refractivity contribution in [2.24, 2.45) is 0 Å². The Hall–Kier alpha value is -2.58. The summed E-state index contributed by atoms with van der Waals surface area (Å²) in [4.78, 5) is 2.35. The van der Waals surface area contributed by atoms with Gasteiger partial charge in [0, 0.05) is 23.7 Å². The van der Waals surface area contributed by atoms with Crippen molar-refractivity contribution in [3.8, 4) is 28.8 Å². The van der Waals surface area contributed by atoms with Crippen molar-refractivity contribution in [3.63, 3.8) is 0 Å². The first-order chi connectivity index (χ1) is 13.1. The zero-order valence-electron chi connectivity index (χ0n) is 16.0. The van der Waals surface area contributed by atoms with Gasteiger partial charge < -0.3 is 15.3 Å². The molecule has 27 heavy (non-hydrogen) atoms. The molecule has 0 spiro atoms. The molecular formula is C22H26N4O. The molecule has 1 aromatic heterocycles. The Morgan fingerprint density at radius 2 is 2.04 bits per heavy atom. The third-order valence-electron chi connectivity index (χ3n) is 5.34. The molecule has 0 bridgehead atoms. The summed E-state index contributed by atoms with van der Waals surface area (Å²) < 4.78 is 0. The van der Waals surface area contributed by atoms with Gasteiger partial charge in [0.25, 0.3) is 0 Å². The highest BCUT2D eigenvalue weighted by atomic mass is 16.3. The van der Waals surface area contributed by atoms with E-state index >= 15 is 0 Å². The van der Waals surface area contributed by atoms with Gasteiger partial charge in [0.15, 0.2) is 0 Å². The molecule has 0 unspecified atom stereocenters. The number of rotatable bonds is 4. The van der Waals surface area contributed by atoms with Crippen molar-refractivity contribution in [3.05, 3.63) is 35.4 Å². The van der Waals surface area contributed by atoms with Gasteiger partial charge >= 0.3 is 0 Å². The van der Waals surface area contributed by atoms with Crippen LogP contribution in [-0.4, -0.2) is 46.4 Å². The maximum absolute atomic E-state index is 10.5. The summed E-state index contributed by atoms with van der Waals surface area (Å²) in [6.07, 6.45) is 4.71. The van der Waals surface area contributed by atoms with Crippen LogP contribution in [0.3, 0.4) is 0 Å². The number of likely N-dealkylation sites (N-methyl/N-ethyl adjacent to an activating group) is 1. The molecule has 1 aliphatic carbocycles. The van der Waals surface area contributed by atoms with E-state index in [2.05, 4.69) is 45.4 Å². The lowest BCUT2D eigenvalue weighted by Gasteiger charge is -2.30. The molecule has 1 aliphatic heterocycles. The predicted octanol–water partition coefficient (Wildman–Crippen LogP) is 3.60. The van der Waals surface area contributed by atoms with E-state index in [1.54, 1.807) is 13.0 Å². The number of hydrogen-bond donors (Lipinski definition) is 2. The lowest BCUT2D eigenvalue weighted by molar-refractivity contribution is 0.260. The molecule has 2 aliphatic rings. The molecule has 5 heteroatoms. The van der Waals surface area contributed by atoms with Crippen LogP contribution in [0.5, 0.6) is 5.75 Å². The van der Waals surface area contributed by atoms with Crippen molar-refractivity contribution in [1.82, 2.24) is 15.1 Å². The number of aromatic nitrogens is 2. The maximum Gasteiger partial charge on any atom is 0.149 e. The van der Waals surface area contributed by atoms with Crippen LogP contribution < -0.4 is 5.32 Å². The largest absolute Gasteiger partial charge is 0.507 e. The van der Waals surface area contributed by atoms with Gasteiger partial charge in [-0.05, 0) is 81.9 Å². The molecule has 2 aromatic rings. The molecular weight excluding hydrogens is 336 g/mol. The van der Waals surface area contributed by atoms with Crippen molar-refractivity contribution >= 4 is 5.82 Å². The quantitative estimate of drug-likeness (QED) is 0.814. The third kappa shape index (κ3) is 4.06. The molecule has 1 aromatic carbocycles. The molecule has 0 amide bonds. The highest BCUT2D eigenvalue weighted by molar-refractivity contribution is 5.72. The summed E-state index contributed by atoms with van der Waals surface area (Å²) in [6.45, 7) is 3.98. The molecule has 0 radical (unpaired) electrons. The second-order valence-corrected chi connectivity index (χ2v) is 7.66. The van der Waals surface area contributed by atoms with Crippen LogP contribution in [0.4, 0.5) is 5.82 Å². The molecule has 1 atom stereocenters. The fourth-order valence-corrected chi connectivity index (χ4v) is 3.84. The van der Waals surface area contributed by atoms with E-state index in [0.29, 0.717) is 12.0 Å². The van der Waals surface area contributed by atoms with Crippen LogP contribution in [0, 0.1) is 11.8 Å². The van der Waals surface area contributed by atoms with Crippen LogP contribution in [0.25, 0.3) is 11.3 Å². The van der Waals surface area contributed by atoms with Crippen LogP contribution in [-0.2, 0) is 0 Å². The number of anilines is 1. The van der Waals surface area contributed by atoms with Crippen molar-refractivity contribution in [1.29, 1.82) is 0 Å². The molecule has 2 heterocycles. The number of nitrogens with zero attached hydrogens (tertiary/aromatic N) is 3. The zero-order valence-corrected chi connectivity index (χ0v) is 16.0. The normalized spacial score (nSPS) is 20.0. The fraction of sp³-hybridized carbons (Fsp3) is 0.455. The van der Waals surface area contributed by atoms with Gasteiger partial charge in [0.05, 0.1) is 0 Å². The summed E-state index contributed by atoms with van der Waals surface area (Å²) in [7, 11) is 2.16. The highest BCUT2D eigenvalue weighted by Gasteiger charge is 2.29. The van der Waals surface area contributed by atoms with Crippen molar-refractivity contribution < 1.29 is 5.11 Å². The minimum Gasteiger partial charge on any atom is -0.507 e. The third-order valence-corrected chi connectivity index (χ3v) is 5.34. The van der Waals surface area contributed by atoms with E-state index in [1.807, 2.05) is 12.1 Å². The summed E-state index contributed by atoms with van der Waals surface area (Å²) in [5.41, 5.74) is 3.51. The number of phenolic OH excluding ortho intramolecular Hbond substituents is 1. The summed E-state index contributed by atoms with van der Waals surface area (Å²) in [5, 5.41) is 23.0. The second-order valence-electron chi connectivity index (χ2n) is 7.66. The molecule has 2 fully saturated rings. The molecule has 4 rings (SSSR count). The van der Waals surface area contributed by atoms with E-state index in [9.17, 15) is 5.11 Å². The smallest absolute Gasteiger partial charge is 0.149 e. The van der Waals surface area contributed by atoms with E-state index < -0.39 is 0 Å². The average Bonchev–Trinajstić information content (AvgIpc) is 3.48. The number of piperidine rings is 1. The highest BCUT2D eigenvalue weighted by Crippen LogP contribution is 2.45. The van der Waals surface area contributed by atoms with Gasteiger partial charge in [-0.1, -0.05) is 5.92 Å². The minimum absolute atomic E-state index is 0.209. The Kier molecular flexibility index (Phi) is 5.00. The van der Waals surface area contributed by atoms with E-state index in [0.717, 1.165) is 42.1 Å². The van der Waals surface area contributed by atoms with Gasteiger partial charge in [-0.25, -0.2) is 0 Å². The number of nitrogens with one attached hydrogen (secondary N) is 1. The van der Waals surface area contributed by atoms with E-state index in [-0.39, 0.29) is 5.75 Å². The van der Waals surface area contributed by atoms with Crippen LogP contribution >= 0.6 is 0 Å². The number of likely N-dealkylation sites (tertiary alicyclic amines) is 1. The summed E-state index contributed by atoms with van der Waals surface area (Å²) in [5.74, 6) is 7.40. The molecule has 1 saturated carbocycles. The van der Waals surface area contributed by atoms with Gasteiger partial charge in [0.1, 0.15) is 17.3 Å². The Morgan fingerprint density at radius 1 is 1.19 bits per heavy atom. The lowest BCUT2D eigenvalue weighted by atomic mass is 10.0. The summed E-state index contributed by atoms with van der Waals surface area (Å²) >= 11 is 0. The molecule has 140 valence electrons. The first kappa shape index (κ1) is 17.8. The van der Waals surface area contributed by atoms with Crippen LogP contribution in [0.2, 0.25) is 0 Å². The first-order valence-corrected chi connectivity index (χ1v) is 9.73. The van der Waals surface area contributed by atoms with Gasteiger partial charge in [-0.15, -0.1) is 16.1 Å².